The van der Waals surface area contributed by atoms with E-state index in [1.165, 1.54) is 19.3 Å². The number of hydrogen-bond acceptors (Lipinski definition) is 5. The lowest BCUT2D eigenvalue weighted by Crippen LogP contribution is -2.45. The lowest BCUT2D eigenvalue weighted by Gasteiger charge is -2.29. The Morgan fingerprint density at radius 3 is 2.44 bits per heavy atom. The Hall–Kier alpha value is -1.90. The van der Waals surface area contributed by atoms with Gasteiger partial charge < -0.3 is 10.1 Å². The standard InChI is InChI=1S/C21H33N3O3/c1-5-6-13-21(23-24-21)14-12-18(25)22-17(19(26)27-20(2,3)4)15-16-10-8-7-9-11-16/h1,16-17H,6-15H2,2-4H3,(H,22,25). The number of rotatable bonds is 9. The summed E-state index contributed by atoms with van der Waals surface area (Å²) in [6.07, 6.45) is 13.9. The Labute approximate surface area is 162 Å². The van der Waals surface area contributed by atoms with Crippen molar-refractivity contribution in [2.24, 2.45) is 16.1 Å². The highest BCUT2D eigenvalue weighted by atomic mass is 16.6. The highest BCUT2D eigenvalue weighted by molar-refractivity contribution is 5.84. The molecule has 0 bridgehead atoms. The van der Waals surface area contributed by atoms with Gasteiger partial charge >= 0.3 is 5.97 Å². The Morgan fingerprint density at radius 1 is 1.22 bits per heavy atom. The topological polar surface area (TPSA) is 80.1 Å². The first-order valence-electron chi connectivity index (χ1n) is 10.1. The summed E-state index contributed by atoms with van der Waals surface area (Å²) in [6.45, 7) is 5.53. The Kier molecular flexibility index (Phi) is 7.41. The van der Waals surface area contributed by atoms with Crippen LogP contribution in [0.5, 0.6) is 0 Å². The molecule has 1 aliphatic heterocycles. The summed E-state index contributed by atoms with van der Waals surface area (Å²) in [5.41, 5.74) is -1.05. The SMILES string of the molecule is C#CCCC1(CCC(=O)NC(CC2CCCCC2)C(=O)OC(C)(C)C)N=N1. The number of ether oxygens (including phenoxy) is 1. The fraction of sp³-hybridized carbons (Fsp3) is 0.810. The summed E-state index contributed by atoms with van der Waals surface area (Å²) in [5, 5.41) is 11.0. The van der Waals surface area contributed by atoms with Gasteiger partial charge in [-0.15, -0.1) is 12.3 Å². The molecule has 1 atom stereocenters. The number of nitrogens with one attached hydrogen (secondary N) is 1. The van der Waals surface area contributed by atoms with Crippen LogP contribution >= 0.6 is 0 Å². The van der Waals surface area contributed by atoms with Gasteiger partial charge in [0.15, 0.2) is 5.66 Å². The quantitative estimate of drug-likeness (QED) is 0.486. The van der Waals surface area contributed by atoms with Gasteiger partial charge in [0.2, 0.25) is 5.91 Å². The minimum atomic E-state index is -0.588. The lowest BCUT2D eigenvalue weighted by atomic mass is 9.84. The molecule has 0 radical (unpaired) electrons. The first kappa shape index (κ1) is 21.4. The van der Waals surface area contributed by atoms with Crippen molar-refractivity contribution in [3.05, 3.63) is 0 Å². The van der Waals surface area contributed by atoms with Crippen LogP contribution in [0.3, 0.4) is 0 Å². The molecule has 27 heavy (non-hydrogen) atoms. The summed E-state index contributed by atoms with van der Waals surface area (Å²) >= 11 is 0. The molecule has 6 nitrogen and oxygen atoms in total. The number of carbonyl (C=O) groups excluding carboxylic acids is 2. The molecule has 1 aliphatic carbocycles. The minimum absolute atomic E-state index is 0.154. The highest BCUT2D eigenvalue weighted by Gasteiger charge is 2.39. The lowest BCUT2D eigenvalue weighted by molar-refractivity contribution is -0.159. The van der Waals surface area contributed by atoms with E-state index in [1.54, 1.807) is 0 Å². The van der Waals surface area contributed by atoms with Gasteiger partial charge in [-0.25, -0.2) is 4.79 Å². The minimum Gasteiger partial charge on any atom is -0.458 e. The second kappa shape index (κ2) is 9.34. The summed E-state index contributed by atoms with van der Waals surface area (Å²) in [4.78, 5) is 25.1. The zero-order valence-corrected chi connectivity index (χ0v) is 16.9. The molecule has 0 saturated heterocycles. The zero-order chi connectivity index (χ0) is 19.9. The molecule has 1 saturated carbocycles. The highest BCUT2D eigenvalue weighted by Crippen LogP contribution is 2.37. The van der Waals surface area contributed by atoms with Crippen LogP contribution in [0.2, 0.25) is 0 Å². The van der Waals surface area contributed by atoms with E-state index in [1.807, 2.05) is 20.8 Å². The van der Waals surface area contributed by atoms with Gasteiger partial charge in [0.1, 0.15) is 11.6 Å². The van der Waals surface area contributed by atoms with Crippen LogP contribution in [-0.4, -0.2) is 29.2 Å². The van der Waals surface area contributed by atoms with Crippen LogP contribution in [0.1, 0.15) is 85.0 Å². The van der Waals surface area contributed by atoms with Crippen LogP contribution in [0.25, 0.3) is 0 Å². The van der Waals surface area contributed by atoms with Gasteiger partial charge in [-0.2, -0.15) is 10.2 Å². The molecule has 2 rings (SSSR count). The van der Waals surface area contributed by atoms with Gasteiger partial charge in [-0.3, -0.25) is 4.79 Å². The van der Waals surface area contributed by atoms with Crippen molar-refractivity contribution >= 4 is 11.9 Å². The summed E-state index contributed by atoms with van der Waals surface area (Å²) in [7, 11) is 0. The molecule has 2 aliphatic rings. The van der Waals surface area contributed by atoms with Crippen molar-refractivity contribution in [2.45, 2.75) is 102 Å². The van der Waals surface area contributed by atoms with Crippen LogP contribution in [0, 0.1) is 18.3 Å². The van der Waals surface area contributed by atoms with Crippen LogP contribution in [0.15, 0.2) is 10.2 Å². The number of nitrogens with zero attached hydrogens (tertiary/aromatic N) is 2. The maximum absolute atomic E-state index is 12.6. The first-order valence-corrected chi connectivity index (χ1v) is 10.1. The van der Waals surface area contributed by atoms with E-state index < -0.39 is 17.3 Å². The van der Waals surface area contributed by atoms with Crippen LogP contribution in [0.4, 0.5) is 0 Å². The molecule has 0 aromatic heterocycles. The van der Waals surface area contributed by atoms with E-state index >= 15 is 0 Å². The van der Waals surface area contributed by atoms with E-state index in [9.17, 15) is 9.59 Å². The van der Waals surface area contributed by atoms with Crippen LogP contribution in [-0.2, 0) is 14.3 Å². The molecule has 1 amide bonds. The molecule has 0 spiro atoms. The average molecular weight is 376 g/mol. The number of esters is 1. The van der Waals surface area contributed by atoms with E-state index in [2.05, 4.69) is 21.5 Å². The fourth-order valence-electron chi connectivity index (χ4n) is 3.59. The smallest absolute Gasteiger partial charge is 0.329 e. The molecule has 1 N–H and O–H groups in total. The van der Waals surface area contributed by atoms with Crippen LogP contribution < -0.4 is 5.32 Å². The third kappa shape index (κ3) is 7.70. The largest absolute Gasteiger partial charge is 0.458 e. The molecule has 1 unspecified atom stereocenters. The molecule has 0 aromatic rings. The van der Waals surface area contributed by atoms with Gasteiger partial charge in [0.25, 0.3) is 0 Å². The summed E-state index contributed by atoms with van der Waals surface area (Å²) in [5.74, 6) is 2.55. The molecule has 6 heteroatoms. The third-order valence-electron chi connectivity index (χ3n) is 5.13. The predicted molar refractivity (Wildman–Crippen MR) is 104 cm³/mol. The molecule has 150 valence electrons. The Morgan fingerprint density at radius 2 is 1.89 bits per heavy atom. The van der Waals surface area contributed by atoms with Crippen molar-refractivity contribution in [3.63, 3.8) is 0 Å². The molecule has 1 fully saturated rings. The number of carbonyl (C=O) groups is 2. The normalized spacial score (nSPS) is 19.8. The van der Waals surface area contributed by atoms with Gasteiger partial charge in [0, 0.05) is 25.7 Å². The molecular weight excluding hydrogens is 342 g/mol. The van der Waals surface area contributed by atoms with Gasteiger partial charge in [-0.1, -0.05) is 32.1 Å². The van der Waals surface area contributed by atoms with E-state index in [4.69, 9.17) is 11.2 Å². The Balaban J connectivity index is 1.88. The van der Waals surface area contributed by atoms with Crippen molar-refractivity contribution in [3.8, 4) is 12.3 Å². The van der Waals surface area contributed by atoms with Crippen molar-refractivity contribution in [2.75, 3.05) is 0 Å². The summed E-state index contributed by atoms with van der Waals surface area (Å²) < 4.78 is 5.54. The van der Waals surface area contributed by atoms with Gasteiger partial charge in [0.05, 0.1) is 0 Å². The molecule has 1 heterocycles. The van der Waals surface area contributed by atoms with E-state index in [0.717, 1.165) is 12.8 Å². The second-order valence-electron chi connectivity index (χ2n) is 8.78. The Bertz CT molecular complexity index is 589. The number of amides is 1. The van der Waals surface area contributed by atoms with Gasteiger partial charge in [-0.05, 0) is 33.1 Å². The second-order valence-corrected chi connectivity index (χ2v) is 8.78. The maximum atomic E-state index is 12.6. The third-order valence-corrected chi connectivity index (χ3v) is 5.13. The van der Waals surface area contributed by atoms with Crippen molar-refractivity contribution in [1.29, 1.82) is 0 Å². The predicted octanol–water partition coefficient (Wildman–Crippen LogP) is 4.14. The number of hydrogen-bond donors (Lipinski definition) is 1. The summed E-state index contributed by atoms with van der Waals surface area (Å²) in [6, 6.07) is -0.588. The van der Waals surface area contributed by atoms with Crippen molar-refractivity contribution < 1.29 is 14.3 Å². The maximum Gasteiger partial charge on any atom is 0.329 e. The zero-order valence-electron chi connectivity index (χ0n) is 16.9. The van der Waals surface area contributed by atoms with Crippen molar-refractivity contribution in [1.82, 2.24) is 5.32 Å². The number of terminal acetylenes is 1. The van der Waals surface area contributed by atoms with E-state index in [0.29, 0.717) is 31.6 Å². The monoisotopic (exact) mass is 375 g/mol. The molecule has 0 aromatic carbocycles. The average Bonchev–Trinajstić information content (AvgIpc) is 3.37. The molecular formula is C21H33N3O3. The first-order chi connectivity index (χ1) is 12.7. The fourth-order valence-corrected chi connectivity index (χ4v) is 3.59. The van der Waals surface area contributed by atoms with E-state index in [-0.39, 0.29) is 18.3 Å².